The molecule has 0 unspecified atom stereocenters. The van der Waals surface area contributed by atoms with Crippen LogP contribution in [0.5, 0.6) is 0 Å². The van der Waals surface area contributed by atoms with Crippen LogP contribution >= 0.6 is 11.3 Å². The third-order valence-electron chi connectivity index (χ3n) is 4.39. The molecule has 0 saturated heterocycles. The lowest BCUT2D eigenvalue weighted by Crippen LogP contribution is -2.36. The van der Waals surface area contributed by atoms with E-state index in [-0.39, 0.29) is 5.91 Å². The zero-order chi connectivity index (χ0) is 16.4. The van der Waals surface area contributed by atoms with Crippen molar-refractivity contribution in [1.29, 1.82) is 0 Å². The molecule has 0 aromatic carbocycles. The average Bonchev–Trinajstić information content (AvgIpc) is 2.89. The third-order valence-corrected chi connectivity index (χ3v) is 5.55. The van der Waals surface area contributed by atoms with Gasteiger partial charge in [0.25, 0.3) is 0 Å². The van der Waals surface area contributed by atoms with E-state index in [1.165, 1.54) is 16.9 Å². The minimum absolute atomic E-state index is 0.0406. The Kier molecular flexibility index (Phi) is 4.80. The van der Waals surface area contributed by atoms with Crippen LogP contribution in [-0.2, 0) is 17.6 Å². The van der Waals surface area contributed by atoms with Crippen molar-refractivity contribution in [2.75, 3.05) is 25.0 Å². The first kappa shape index (κ1) is 16.2. The minimum atomic E-state index is 0.0406. The van der Waals surface area contributed by atoms with Crippen molar-refractivity contribution in [3.63, 3.8) is 0 Å². The topological polar surface area (TPSA) is 58.1 Å². The van der Waals surface area contributed by atoms with E-state index in [4.69, 9.17) is 0 Å². The number of aryl methyl sites for hydroxylation is 1. The van der Waals surface area contributed by atoms with E-state index in [0.29, 0.717) is 6.54 Å². The first-order valence-corrected chi connectivity index (χ1v) is 9.14. The van der Waals surface area contributed by atoms with Crippen molar-refractivity contribution in [2.24, 2.45) is 5.92 Å². The van der Waals surface area contributed by atoms with Crippen molar-refractivity contribution < 1.29 is 4.79 Å². The van der Waals surface area contributed by atoms with Gasteiger partial charge in [-0.25, -0.2) is 9.97 Å². The molecule has 0 saturated carbocycles. The van der Waals surface area contributed by atoms with E-state index >= 15 is 0 Å². The highest BCUT2D eigenvalue weighted by Crippen LogP contribution is 2.40. The number of fused-ring (bicyclic) bond motifs is 3. The Bertz CT molecular complexity index is 712. The van der Waals surface area contributed by atoms with Gasteiger partial charge in [-0.3, -0.25) is 4.79 Å². The van der Waals surface area contributed by atoms with Crippen LogP contribution in [0.2, 0.25) is 0 Å². The fraction of sp³-hybridized carbons (Fsp3) is 0.588. The molecule has 0 bridgehead atoms. The minimum Gasteiger partial charge on any atom is -0.355 e. The zero-order valence-corrected chi connectivity index (χ0v) is 14.9. The number of nitrogens with one attached hydrogen (secondary N) is 1. The van der Waals surface area contributed by atoms with Gasteiger partial charge in [-0.1, -0.05) is 13.8 Å². The SMILES string of the molecule is CCCNC(=O)CN(C)c1ncnc2sc3c(c12)CC[C@@H](C)C3. The third kappa shape index (κ3) is 3.32. The molecule has 1 atom stereocenters. The van der Waals surface area contributed by atoms with E-state index in [1.807, 2.05) is 11.9 Å². The number of anilines is 1. The maximum Gasteiger partial charge on any atom is 0.239 e. The van der Waals surface area contributed by atoms with Gasteiger partial charge in [0.05, 0.1) is 11.9 Å². The molecule has 0 radical (unpaired) electrons. The van der Waals surface area contributed by atoms with Crippen molar-refractivity contribution in [1.82, 2.24) is 15.3 Å². The van der Waals surface area contributed by atoms with Gasteiger partial charge in [0.15, 0.2) is 0 Å². The first-order valence-electron chi connectivity index (χ1n) is 8.33. The van der Waals surface area contributed by atoms with Crippen LogP contribution in [0.4, 0.5) is 5.82 Å². The molecule has 1 N–H and O–H groups in total. The molecule has 1 aliphatic rings. The first-order chi connectivity index (χ1) is 11.1. The number of likely N-dealkylation sites (N-methyl/N-ethyl adjacent to an activating group) is 1. The summed E-state index contributed by atoms with van der Waals surface area (Å²) >= 11 is 1.79. The van der Waals surface area contributed by atoms with Crippen LogP contribution in [0.25, 0.3) is 10.2 Å². The van der Waals surface area contributed by atoms with E-state index in [2.05, 4.69) is 29.1 Å². The molecule has 6 heteroatoms. The Labute approximate surface area is 141 Å². The molecule has 1 aliphatic carbocycles. The second-order valence-electron chi connectivity index (χ2n) is 6.44. The molecule has 3 rings (SSSR count). The Morgan fingerprint density at radius 2 is 2.30 bits per heavy atom. The fourth-order valence-electron chi connectivity index (χ4n) is 3.16. The second kappa shape index (κ2) is 6.83. The number of aromatic nitrogens is 2. The summed E-state index contributed by atoms with van der Waals surface area (Å²) in [4.78, 5) is 25.4. The summed E-state index contributed by atoms with van der Waals surface area (Å²) in [6.45, 7) is 5.41. The van der Waals surface area contributed by atoms with E-state index < -0.39 is 0 Å². The Morgan fingerprint density at radius 3 is 3.09 bits per heavy atom. The smallest absolute Gasteiger partial charge is 0.239 e. The van der Waals surface area contributed by atoms with E-state index in [9.17, 15) is 4.79 Å². The van der Waals surface area contributed by atoms with Gasteiger partial charge in [-0.15, -0.1) is 11.3 Å². The summed E-state index contributed by atoms with van der Waals surface area (Å²) in [5, 5.41) is 4.08. The van der Waals surface area contributed by atoms with Crippen molar-refractivity contribution in [3.05, 3.63) is 16.8 Å². The quantitative estimate of drug-likeness (QED) is 0.915. The Morgan fingerprint density at radius 1 is 1.48 bits per heavy atom. The fourth-order valence-corrected chi connectivity index (χ4v) is 4.50. The summed E-state index contributed by atoms with van der Waals surface area (Å²) in [6, 6.07) is 0. The van der Waals surface area contributed by atoms with Gasteiger partial charge in [0, 0.05) is 18.5 Å². The molecule has 5 nitrogen and oxygen atoms in total. The van der Waals surface area contributed by atoms with Gasteiger partial charge in [0.2, 0.25) is 5.91 Å². The number of rotatable bonds is 5. The summed E-state index contributed by atoms with van der Waals surface area (Å²) in [5.41, 5.74) is 1.40. The lowest BCUT2D eigenvalue weighted by Gasteiger charge is -2.21. The maximum absolute atomic E-state index is 12.0. The van der Waals surface area contributed by atoms with Gasteiger partial charge in [0.1, 0.15) is 17.0 Å². The van der Waals surface area contributed by atoms with Crippen LogP contribution in [0.3, 0.4) is 0 Å². The molecule has 0 aliphatic heterocycles. The summed E-state index contributed by atoms with van der Waals surface area (Å²) in [5.74, 6) is 1.66. The second-order valence-corrected chi connectivity index (χ2v) is 7.52. The summed E-state index contributed by atoms with van der Waals surface area (Å²) in [7, 11) is 1.93. The van der Waals surface area contributed by atoms with Crippen LogP contribution in [0, 0.1) is 5.92 Å². The number of thiophene rings is 1. The Hall–Kier alpha value is -1.69. The number of nitrogens with zero attached hydrogens (tertiary/aromatic N) is 3. The molecule has 2 heterocycles. The van der Waals surface area contributed by atoms with E-state index in [1.54, 1.807) is 17.7 Å². The monoisotopic (exact) mass is 332 g/mol. The summed E-state index contributed by atoms with van der Waals surface area (Å²) < 4.78 is 0. The molecule has 23 heavy (non-hydrogen) atoms. The van der Waals surface area contributed by atoms with Crippen LogP contribution < -0.4 is 10.2 Å². The normalized spacial score (nSPS) is 17.1. The van der Waals surface area contributed by atoms with Crippen LogP contribution in [0.1, 0.15) is 37.1 Å². The number of carbonyl (C=O) groups is 1. The molecule has 1 amide bonds. The average molecular weight is 332 g/mol. The number of amides is 1. The maximum atomic E-state index is 12.0. The van der Waals surface area contributed by atoms with Crippen molar-refractivity contribution in [2.45, 2.75) is 39.5 Å². The summed E-state index contributed by atoms with van der Waals surface area (Å²) in [6.07, 6.45) is 6.00. The van der Waals surface area contributed by atoms with E-state index in [0.717, 1.165) is 47.8 Å². The van der Waals surface area contributed by atoms with Gasteiger partial charge in [-0.2, -0.15) is 0 Å². The number of hydrogen-bond acceptors (Lipinski definition) is 5. The van der Waals surface area contributed by atoms with Crippen molar-refractivity contribution in [3.8, 4) is 0 Å². The highest BCUT2D eigenvalue weighted by atomic mass is 32.1. The Balaban J connectivity index is 1.90. The van der Waals surface area contributed by atoms with Gasteiger partial charge in [-0.05, 0) is 37.2 Å². The van der Waals surface area contributed by atoms with Gasteiger partial charge >= 0.3 is 0 Å². The van der Waals surface area contributed by atoms with Crippen LogP contribution in [-0.4, -0.2) is 36.0 Å². The number of hydrogen-bond donors (Lipinski definition) is 1. The molecular weight excluding hydrogens is 308 g/mol. The van der Waals surface area contributed by atoms with Crippen molar-refractivity contribution >= 4 is 33.3 Å². The molecule has 0 spiro atoms. The lowest BCUT2D eigenvalue weighted by atomic mass is 9.89. The molecule has 0 fully saturated rings. The number of carbonyl (C=O) groups excluding carboxylic acids is 1. The standard InChI is InChI=1S/C17H24N4OS/c1-4-7-18-14(22)9-21(3)16-15-12-6-5-11(2)8-13(12)23-17(15)20-10-19-16/h10-11H,4-9H2,1-3H3,(H,18,22)/t11-/m1/s1. The van der Waals surface area contributed by atoms with Crippen LogP contribution in [0.15, 0.2) is 6.33 Å². The largest absolute Gasteiger partial charge is 0.355 e. The zero-order valence-electron chi connectivity index (χ0n) is 14.1. The highest BCUT2D eigenvalue weighted by molar-refractivity contribution is 7.19. The predicted octanol–water partition coefficient (Wildman–Crippen LogP) is 2.78. The molecule has 2 aromatic rings. The molecule has 124 valence electrons. The predicted molar refractivity (Wildman–Crippen MR) is 95.2 cm³/mol. The van der Waals surface area contributed by atoms with Gasteiger partial charge < -0.3 is 10.2 Å². The lowest BCUT2D eigenvalue weighted by molar-refractivity contribution is -0.119. The highest BCUT2D eigenvalue weighted by Gasteiger charge is 2.24. The molecule has 2 aromatic heterocycles. The molecular formula is C17H24N4OS.